The van der Waals surface area contributed by atoms with Gasteiger partial charge in [0.25, 0.3) is 0 Å². The van der Waals surface area contributed by atoms with Gasteiger partial charge in [0, 0.05) is 34.7 Å². The summed E-state index contributed by atoms with van der Waals surface area (Å²) in [6, 6.07) is 22.7. The predicted octanol–water partition coefficient (Wildman–Crippen LogP) is 7.54. The van der Waals surface area contributed by atoms with Crippen molar-refractivity contribution in [3.05, 3.63) is 99.5 Å². The second-order valence-electron chi connectivity index (χ2n) is 8.14. The first-order valence-corrected chi connectivity index (χ1v) is 13.3. The Morgan fingerprint density at radius 1 is 0.886 bits per heavy atom. The van der Waals surface area contributed by atoms with Gasteiger partial charge in [0.2, 0.25) is 0 Å². The molecule has 5 rings (SSSR count). The third kappa shape index (κ3) is 8.73. The van der Waals surface area contributed by atoms with E-state index in [4.69, 9.17) is 11.6 Å². The van der Waals surface area contributed by atoms with Crippen LogP contribution in [0.5, 0.6) is 0 Å². The Bertz CT molecular complexity index is 1140. The number of aromatic nitrogens is 2. The van der Waals surface area contributed by atoms with E-state index in [0.717, 1.165) is 71.1 Å². The van der Waals surface area contributed by atoms with Crippen LogP contribution in [0.3, 0.4) is 0 Å². The number of para-hydroxylation sites is 2. The molecule has 2 heterocycles. The Morgan fingerprint density at radius 2 is 1.54 bits per heavy atom. The molecule has 0 amide bonds. The number of halogens is 3. The fraction of sp³-hybridized carbons (Fsp3) is 0.321. The number of rotatable bonds is 4. The minimum Gasteiger partial charge on any atom is -0.341 e. The van der Waals surface area contributed by atoms with Crippen molar-refractivity contribution in [3.63, 3.8) is 0 Å². The van der Waals surface area contributed by atoms with E-state index in [1.807, 2.05) is 68.4 Å². The molecule has 0 atom stereocenters. The molecule has 0 saturated carbocycles. The molecule has 0 bridgehead atoms. The van der Waals surface area contributed by atoms with E-state index in [0.29, 0.717) is 6.54 Å². The fourth-order valence-electron chi connectivity index (χ4n) is 3.95. The average Bonchev–Trinajstić information content (AvgIpc) is 3.16. The minimum atomic E-state index is -0.128. The average molecular weight is 560 g/mol. The van der Waals surface area contributed by atoms with Crippen LogP contribution in [0.4, 0.5) is 4.39 Å². The van der Waals surface area contributed by atoms with Gasteiger partial charge in [-0.25, -0.2) is 9.37 Å². The molecule has 1 aliphatic heterocycles. The summed E-state index contributed by atoms with van der Waals surface area (Å²) in [5.41, 5.74) is 2.86. The Hall–Kier alpha value is -2.25. The van der Waals surface area contributed by atoms with Crippen LogP contribution >= 0.6 is 27.5 Å². The van der Waals surface area contributed by atoms with E-state index in [9.17, 15) is 4.39 Å². The number of hydrogen-bond donors (Lipinski definition) is 1. The summed E-state index contributed by atoms with van der Waals surface area (Å²) < 4.78 is 14.9. The largest absolute Gasteiger partial charge is 0.341 e. The summed E-state index contributed by atoms with van der Waals surface area (Å²) in [7, 11) is 0. The second kappa shape index (κ2) is 14.3. The van der Waals surface area contributed by atoms with Crippen molar-refractivity contribution >= 4 is 38.6 Å². The van der Waals surface area contributed by atoms with Crippen molar-refractivity contribution in [2.45, 2.75) is 33.4 Å². The maximum absolute atomic E-state index is 14.0. The van der Waals surface area contributed by atoms with Crippen LogP contribution < -0.4 is 0 Å². The standard InChI is InChI=1S/C20H22BrFN4.C6H5Cl.C2H6/c21-16-6-7-17(22)15(12-16)13-25-8-3-9-26(11-10-25)14-20-23-18-4-1-2-5-19(18)24-20;7-6-4-2-1-3-5-6;1-2/h1-2,4-7,12H,3,8-11,13-14H2,(H,23,24);1-5H;1-2H3. The van der Waals surface area contributed by atoms with Crippen molar-refractivity contribution in [2.24, 2.45) is 0 Å². The van der Waals surface area contributed by atoms with Gasteiger partial charge in [-0.2, -0.15) is 0 Å². The molecule has 186 valence electrons. The SMILES string of the molecule is CC.Clc1ccccc1.Fc1ccc(Br)cc1CN1CCCN(Cc2nc3ccccc3[nH]2)CC1. The molecule has 1 fully saturated rings. The number of imidazole rings is 1. The van der Waals surface area contributed by atoms with Crippen LogP contribution in [-0.2, 0) is 13.1 Å². The fourth-order valence-corrected chi connectivity index (χ4v) is 4.51. The Morgan fingerprint density at radius 3 is 2.20 bits per heavy atom. The maximum Gasteiger partial charge on any atom is 0.127 e. The van der Waals surface area contributed by atoms with Crippen LogP contribution in [0.2, 0.25) is 5.02 Å². The third-order valence-electron chi connectivity index (χ3n) is 5.63. The molecule has 1 N–H and O–H groups in total. The van der Waals surface area contributed by atoms with Gasteiger partial charge in [0.05, 0.1) is 17.6 Å². The number of benzene rings is 3. The van der Waals surface area contributed by atoms with Crippen molar-refractivity contribution in [3.8, 4) is 0 Å². The van der Waals surface area contributed by atoms with Crippen LogP contribution in [0, 0.1) is 5.82 Å². The molecule has 1 aliphatic rings. The Labute approximate surface area is 221 Å². The highest BCUT2D eigenvalue weighted by Crippen LogP contribution is 2.19. The van der Waals surface area contributed by atoms with Gasteiger partial charge in [0.15, 0.2) is 0 Å². The first-order valence-electron chi connectivity index (χ1n) is 12.1. The van der Waals surface area contributed by atoms with Crippen molar-refractivity contribution in [1.82, 2.24) is 19.8 Å². The number of H-pyrrole nitrogens is 1. The van der Waals surface area contributed by atoms with E-state index >= 15 is 0 Å². The first kappa shape index (κ1) is 27.3. The van der Waals surface area contributed by atoms with Gasteiger partial charge >= 0.3 is 0 Å². The Kier molecular flexibility index (Phi) is 11.2. The number of nitrogens with one attached hydrogen (secondary N) is 1. The third-order valence-corrected chi connectivity index (χ3v) is 6.37. The van der Waals surface area contributed by atoms with Crippen LogP contribution in [0.15, 0.2) is 77.3 Å². The van der Waals surface area contributed by atoms with E-state index in [1.54, 1.807) is 6.07 Å². The van der Waals surface area contributed by atoms with Gasteiger partial charge in [0.1, 0.15) is 11.6 Å². The van der Waals surface area contributed by atoms with E-state index in [2.05, 4.69) is 41.8 Å². The quantitative estimate of drug-likeness (QED) is 0.281. The number of hydrogen-bond acceptors (Lipinski definition) is 3. The molecule has 35 heavy (non-hydrogen) atoms. The van der Waals surface area contributed by atoms with Gasteiger partial charge < -0.3 is 4.98 Å². The molecule has 4 aromatic rings. The summed E-state index contributed by atoms with van der Waals surface area (Å²) in [6.45, 7) is 9.41. The molecule has 0 unspecified atom stereocenters. The molecule has 1 saturated heterocycles. The zero-order valence-corrected chi connectivity index (χ0v) is 22.7. The summed E-state index contributed by atoms with van der Waals surface area (Å²) in [5, 5.41) is 0.794. The van der Waals surface area contributed by atoms with Gasteiger partial charge in [-0.05, 0) is 62.0 Å². The molecule has 7 heteroatoms. The summed E-state index contributed by atoms with van der Waals surface area (Å²) in [6.07, 6.45) is 1.08. The number of nitrogens with zero attached hydrogens (tertiary/aromatic N) is 3. The highest BCUT2D eigenvalue weighted by Gasteiger charge is 2.17. The zero-order valence-electron chi connectivity index (χ0n) is 20.4. The van der Waals surface area contributed by atoms with Crippen LogP contribution in [0.25, 0.3) is 11.0 Å². The minimum absolute atomic E-state index is 0.128. The lowest BCUT2D eigenvalue weighted by atomic mass is 10.2. The molecule has 3 aromatic carbocycles. The smallest absolute Gasteiger partial charge is 0.127 e. The maximum atomic E-state index is 14.0. The van der Waals surface area contributed by atoms with E-state index in [1.165, 1.54) is 6.07 Å². The molecular formula is C28H33BrClFN4. The Balaban J connectivity index is 0.000000324. The summed E-state index contributed by atoms with van der Waals surface area (Å²) in [4.78, 5) is 12.8. The predicted molar refractivity (Wildman–Crippen MR) is 148 cm³/mol. The number of fused-ring (bicyclic) bond motifs is 1. The lowest BCUT2D eigenvalue weighted by molar-refractivity contribution is 0.242. The summed E-state index contributed by atoms with van der Waals surface area (Å²) >= 11 is 8.97. The highest BCUT2D eigenvalue weighted by atomic mass is 79.9. The monoisotopic (exact) mass is 558 g/mol. The lowest BCUT2D eigenvalue weighted by Crippen LogP contribution is -2.30. The van der Waals surface area contributed by atoms with Crippen molar-refractivity contribution < 1.29 is 4.39 Å². The molecule has 4 nitrogen and oxygen atoms in total. The van der Waals surface area contributed by atoms with Crippen molar-refractivity contribution in [2.75, 3.05) is 26.2 Å². The van der Waals surface area contributed by atoms with Gasteiger partial charge in [-0.3, -0.25) is 9.80 Å². The topological polar surface area (TPSA) is 35.2 Å². The zero-order chi connectivity index (χ0) is 25.0. The van der Waals surface area contributed by atoms with Gasteiger partial charge in [-0.1, -0.05) is 71.7 Å². The van der Waals surface area contributed by atoms with E-state index in [-0.39, 0.29) is 5.82 Å². The molecular weight excluding hydrogens is 527 g/mol. The van der Waals surface area contributed by atoms with Crippen LogP contribution in [0.1, 0.15) is 31.7 Å². The molecule has 0 aliphatic carbocycles. The van der Waals surface area contributed by atoms with Crippen molar-refractivity contribution in [1.29, 1.82) is 0 Å². The summed E-state index contributed by atoms with van der Waals surface area (Å²) in [5.74, 6) is 0.884. The lowest BCUT2D eigenvalue weighted by Gasteiger charge is -2.21. The van der Waals surface area contributed by atoms with Crippen LogP contribution in [-0.4, -0.2) is 45.9 Å². The molecule has 0 radical (unpaired) electrons. The van der Waals surface area contributed by atoms with E-state index < -0.39 is 0 Å². The number of aromatic amines is 1. The second-order valence-corrected chi connectivity index (χ2v) is 9.49. The van der Waals surface area contributed by atoms with Gasteiger partial charge in [-0.15, -0.1) is 0 Å². The highest BCUT2D eigenvalue weighted by molar-refractivity contribution is 9.10. The first-order chi connectivity index (χ1) is 17.1. The molecule has 0 spiro atoms. The normalized spacial score (nSPS) is 14.4. The molecule has 1 aromatic heterocycles.